The molecule has 1 N–H and O–H groups in total. The zero-order valence-corrected chi connectivity index (χ0v) is 13.2. The maximum Gasteiger partial charge on any atom is 0.411 e. The molecule has 2 rings (SSSR count). The van der Waals surface area contributed by atoms with Gasteiger partial charge in [-0.1, -0.05) is 18.2 Å². The van der Waals surface area contributed by atoms with E-state index in [0.717, 1.165) is 29.7 Å². The van der Waals surface area contributed by atoms with E-state index in [1.807, 2.05) is 32.0 Å². The van der Waals surface area contributed by atoms with E-state index >= 15 is 0 Å². The molecule has 3 atom stereocenters. The first-order valence-electron chi connectivity index (χ1n) is 6.79. The van der Waals surface area contributed by atoms with Gasteiger partial charge in [0, 0.05) is 17.5 Å². The Morgan fingerprint density at radius 1 is 1.25 bits per heavy atom. The molecule has 3 nitrogen and oxygen atoms in total. The summed E-state index contributed by atoms with van der Waals surface area (Å²) in [6.07, 6.45) is 1.46. The largest absolute Gasteiger partial charge is 0.444 e. The molecule has 1 aliphatic rings. The summed E-state index contributed by atoms with van der Waals surface area (Å²) in [5, 5.41) is 2.67. The minimum atomic E-state index is -0.469. The zero-order valence-electron chi connectivity index (χ0n) is 11.7. The van der Waals surface area contributed by atoms with Gasteiger partial charge in [0.15, 0.2) is 0 Å². The number of nitrogens with one attached hydrogen (secondary N) is 1. The number of carbonyl (C=O) groups is 1. The lowest BCUT2D eigenvalue weighted by atomic mass is 9.97. The van der Waals surface area contributed by atoms with Crippen molar-refractivity contribution in [1.82, 2.24) is 0 Å². The van der Waals surface area contributed by atoms with E-state index < -0.39 is 6.09 Å². The Hall–Kier alpha value is -0.930. The molecule has 0 aliphatic heterocycles. The Bertz CT molecular complexity index is 473. The van der Waals surface area contributed by atoms with E-state index in [-0.39, 0.29) is 16.9 Å². The molecule has 1 aromatic rings. The van der Waals surface area contributed by atoms with E-state index in [1.54, 1.807) is 0 Å². The number of halogens is 2. The molecular weight excluding hydrogens is 297 g/mol. The minimum absolute atomic E-state index is 0.0306. The van der Waals surface area contributed by atoms with Crippen LogP contribution < -0.4 is 5.32 Å². The zero-order chi connectivity index (χ0) is 14.7. The number of aryl methyl sites for hydroxylation is 2. The van der Waals surface area contributed by atoms with Gasteiger partial charge in [-0.2, -0.15) is 0 Å². The lowest BCUT2D eigenvalue weighted by Gasteiger charge is -2.29. The van der Waals surface area contributed by atoms with Gasteiger partial charge in [0.1, 0.15) is 6.10 Å². The van der Waals surface area contributed by atoms with E-state index in [9.17, 15) is 4.79 Å². The first kappa shape index (κ1) is 15.5. The summed E-state index contributed by atoms with van der Waals surface area (Å²) in [5.41, 5.74) is 2.80. The number of amides is 1. The molecule has 1 aliphatic carbocycles. The number of rotatable bonds is 2. The standard InChI is InChI=1S/C15H19Cl2NO2/c1-9-4-3-5-10(2)14(9)18-15(19)20-13-8-11(16)6-7-12(13)17/h3-5,11-13H,6-8H2,1-2H3,(H,18,19)/t11-,12-,13-/m1/s1. The number of ether oxygens (including phenoxy) is 1. The van der Waals surface area contributed by atoms with Crippen LogP contribution in [-0.2, 0) is 4.74 Å². The maximum atomic E-state index is 12.0. The fraction of sp³-hybridized carbons (Fsp3) is 0.533. The molecule has 20 heavy (non-hydrogen) atoms. The van der Waals surface area contributed by atoms with E-state index in [2.05, 4.69) is 5.32 Å². The van der Waals surface area contributed by atoms with E-state index in [1.165, 1.54) is 0 Å². The van der Waals surface area contributed by atoms with Crippen LogP contribution in [0.1, 0.15) is 30.4 Å². The van der Waals surface area contributed by atoms with Crippen molar-refractivity contribution in [2.24, 2.45) is 0 Å². The topological polar surface area (TPSA) is 38.3 Å². The summed E-state index contributed by atoms with van der Waals surface area (Å²) in [6.45, 7) is 3.89. The van der Waals surface area contributed by atoms with Crippen LogP contribution in [0.3, 0.4) is 0 Å². The molecule has 0 spiro atoms. The van der Waals surface area contributed by atoms with Crippen LogP contribution in [0.15, 0.2) is 18.2 Å². The van der Waals surface area contributed by atoms with Gasteiger partial charge in [0.05, 0.1) is 5.38 Å². The van der Waals surface area contributed by atoms with Crippen molar-refractivity contribution in [3.63, 3.8) is 0 Å². The predicted molar refractivity (Wildman–Crippen MR) is 82.9 cm³/mol. The van der Waals surface area contributed by atoms with Gasteiger partial charge >= 0.3 is 6.09 Å². The van der Waals surface area contributed by atoms with Gasteiger partial charge in [-0.15, -0.1) is 23.2 Å². The molecule has 0 bridgehead atoms. The van der Waals surface area contributed by atoms with Gasteiger partial charge < -0.3 is 4.74 Å². The van der Waals surface area contributed by atoms with Crippen molar-refractivity contribution >= 4 is 35.0 Å². The summed E-state index contributed by atoms with van der Waals surface area (Å²) < 4.78 is 5.42. The third-order valence-corrected chi connectivity index (χ3v) is 4.51. The lowest BCUT2D eigenvalue weighted by molar-refractivity contribution is 0.0902. The molecule has 1 fully saturated rings. The summed E-state index contributed by atoms with van der Waals surface area (Å²) in [6, 6.07) is 5.85. The van der Waals surface area contributed by atoms with Crippen LogP contribution in [0.2, 0.25) is 0 Å². The van der Waals surface area contributed by atoms with Crippen LogP contribution in [-0.4, -0.2) is 23.0 Å². The predicted octanol–water partition coefficient (Wildman–Crippen LogP) is 4.62. The fourth-order valence-corrected chi connectivity index (χ4v) is 3.03. The van der Waals surface area contributed by atoms with Gasteiger partial charge in [-0.05, 0) is 37.8 Å². The Kier molecular flexibility index (Phi) is 5.17. The molecule has 0 radical (unpaired) electrons. The molecule has 1 amide bonds. The van der Waals surface area contributed by atoms with Crippen molar-refractivity contribution in [2.75, 3.05) is 5.32 Å². The first-order valence-corrected chi connectivity index (χ1v) is 7.66. The molecule has 1 aromatic carbocycles. The van der Waals surface area contributed by atoms with Gasteiger partial charge in [-0.3, -0.25) is 5.32 Å². The molecule has 0 aromatic heterocycles. The Morgan fingerprint density at radius 3 is 2.55 bits per heavy atom. The molecule has 1 saturated carbocycles. The normalized spacial score (nSPS) is 26.1. The molecular formula is C15H19Cl2NO2. The third kappa shape index (κ3) is 3.80. The summed E-state index contributed by atoms with van der Waals surface area (Å²) in [5.74, 6) is 0. The van der Waals surface area contributed by atoms with Crippen LogP contribution >= 0.6 is 23.2 Å². The van der Waals surface area contributed by atoms with Crippen LogP contribution in [0.5, 0.6) is 0 Å². The number of alkyl halides is 2. The number of hydrogen-bond donors (Lipinski definition) is 1. The Balaban J connectivity index is 1.98. The average molecular weight is 316 g/mol. The first-order chi connectivity index (χ1) is 9.47. The second-order valence-electron chi connectivity index (χ2n) is 5.26. The van der Waals surface area contributed by atoms with Gasteiger partial charge in [0.2, 0.25) is 0 Å². The SMILES string of the molecule is Cc1cccc(C)c1NC(=O)O[C@@H]1C[C@H](Cl)CC[C@H]1Cl. The van der Waals surface area contributed by atoms with Crippen LogP contribution in [0, 0.1) is 13.8 Å². The highest BCUT2D eigenvalue weighted by molar-refractivity contribution is 6.22. The number of para-hydroxylation sites is 1. The second-order valence-corrected chi connectivity index (χ2v) is 6.44. The third-order valence-electron chi connectivity index (χ3n) is 3.61. The van der Waals surface area contributed by atoms with Crippen molar-refractivity contribution in [2.45, 2.75) is 50.0 Å². The maximum absolute atomic E-state index is 12.0. The molecule has 0 saturated heterocycles. The Labute approximate surface area is 129 Å². The number of carbonyl (C=O) groups excluding carboxylic acids is 1. The van der Waals surface area contributed by atoms with Gasteiger partial charge in [0.25, 0.3) is 0 Å². The quantitative estimate of drug-likeness (QED) is 0.809. The van der Waals surface area contributed by atoms with Crippen molar-refractivity contribution in [3.8, 4) is 0 Å². The van der Waals surface area contributed by atoms with E-state index in [4.69, 9.17) is 27.9 Å². The average Bonchev–Trinajstić information content (AvgIpc) is 2.38. The number of benzene rings is 1. The minimum Gasteiger partial charge on any atom is -0.444 e. The summed E-state index contributed by atoms with van der Waals surface area (Å²) >= 11 is 12.3. The molecule has 0 unspecified atom stereocenters. The number of hydrogen-bond acceptors (Lipinski definition) is 2. The highest BCUT2D eigenvalue weighted by Crippen LogP contribution is 2.29. The Morgan fingerprint density at radius 2 is 1.90 bits per heavy atom. The fourth-order valence-electron chi connectivity index (χ4n) is 2.45. The summed E-state index contributed by atoms with van der Waals surface area (Å²) in [4.78, 5) is 12.0. The van der Waals surface area contributed by atoms with Crippen LogP contribution in [0.4, 0.5) is 10.5 Å². The summed E-state index contributed by atoms with van der Waals surface area (Å²) in [7, 11) is 0. The highest BCUT2D eigenvalue weighted by Gasteiger charge is 2.31. The van der Waals surface area contributed by atoms with Crippen LogP contribution in [0.25, 0.3) is 0 Å². The van der Waals surface area contributed by atoms with Crippen molar-refractivity contribution in [3.05, 3.63) is 29.3 Å². The monoisotopic (exact) mass is 315 g/mol. The van der Waals surface area contributed by atoms with Crippen molar-refractivity contribution in [1.29, 1.82) is 0 Å². The highest BCUT2D eigenvalue weighted by atomic mass is 35.5. The van der Waals surface area contributed by atoms with E-state index in [0.29, 0.717) is 6.42 Å². The second kappa shape index (κ2) is 6.68. The molecule has 0 heterocycles. The number of anilines is 1. The molecule has 110 valence electrons. The smallest absolute Gasteiger partial charge is 0.411 e. The van der Waals surface area contributed by atoms with Gasteiger partial charge in [-0.25, -0.2) is 4.79 Å². The molecule has 5 heteroatoms. The lowest BCUT2D eigenvalue weighted by Crippen LogP contribution is -2.36. The van der Waals surface area contributed by atoms with Crippen molar-refractivity contribution < 1.29 is 9.53 Å².